The highest BCUT2D eigenvalue weighted by molar-refractivity contribution is 5.97. The number of unbranched alkanes of at least 4 members (excludes halogenated alkanes) is 2. The van der Waals surface area contributed by atoms with Crippen molar-refractivity contribution in [2.24, 2.45) is 0 Å². The fraction of sp³-hybridized carbons (Fsp3) is 0.600. The van der Waals surface area contributed by atoms with Crippen LogP contribution in [0.5, 0.6) is 17.2 Å². The maximum atomic E-state index is 12.4. The lowest BCUT2D eigenvalue weighted by atomic mass is 10.1. The smallest absolute Gasteiger partial charge is 0.407 e. The lowest BCUT2D eigenvalue weighted by Crippen LogP contribution is -2.33. The number of rotatable bonds is 10. The number of nitrogens with one attached hydrogen (secondary N) is 2. The molecule has 1 aromatic carbocycles. The Morgan fingerprint density at radius 2 is 1.36 bits per heavy atom. The first-order valence-electron chi connectivity index (χ1n) is 9.27. The minimum absolute atomic E-state index is 0.246. The molecule has 28 heavy (non-hydrogen) atoms. The van der Waals surface area contributed by atoms with E-state index < -0.39 is 11.7 Å². The van der Waals surface area contributed by atoms with Crippen molar-refractivity contribution >= 4 is 12.0 Å². The summed E-state index contributed by atoms with van der Waals surface area (Å²) in [4.78, 5) is 24.0. The molecule has 0 aliphatic carbocycles. The van der Waals surface area contributed by atoms with Crippen LogP contribution in [0.1, 0.15) is 50.4 Å². The zero-order chi connectivity index (χ0) is 21.2. The van der Waals surface area contributed by atoms with E-state index in [0.717, 1.165) is 19.3 Å². The number of hydrogen-bond acceptors (Lipinski definition) is 6. The van der Waals surface area contributed by atoms with Crippen LogP contribution in [-0.4, -0.2) is 52.0 Å². The molecular formula is C20H32N2O6. The topological polar surface area (TPSA) is 95.1 Å². The molecule has 0 heterocycles. The Kier molecular flexibility index (Phi) is 9.41. The van der Waals surface area contributed by atoms with E-state index >= 15 is 0 Å². The predicted octanol–water partition coefficient (Wildman–Crippen LogP) is 3.14. The maximum Gasteiger partial charge on any atom is 0.407 e. The van der Waals surface area contributed by atoms with Gasteiger partial charge in [-0.15, -0.1) is 0 Å². The van der Waals surface area contributed by atoms with Crippen LogP contribution in [0.3, 0.4) is 0 Å². The lowest BCUT2D eigenvalue weighted by molar-refractivity contribution is 0.0527. The number of benzene rings is 1. The average Bonchev–Trinajstić information content (AvgIpc) is 2.64. The Hall–Kier alpha value is -2.64. The second-order valence-electron chi connectivity index (χ2n) is 7.15. The third-order valence-corrected chi connectivity index (χ3v) is 3.76. The molecular weight excluding hydrogens is 364 g/mol. The summed E-state index contributed by atoms with van der Waals surface area (Å²) < 4.78 is 20.9. The van der Waals surface area contributed by atoms with Gasteiger partial charge < -0.3 is 29.6 Å². The van der Waals surface area contributed by atoms with Gasteiger partial charge in [-0.05, 0) is 40.0 Å². The lowest BCUT2D eigenvalue weighted by Gasteiger charge is -2.19. The van der Waals surface area contributed by atoms with Crippen LogP contribution in [-0.2, 0) is 4.74 Å². The number of ether oxygens (including phenoxy) is 4. The molecule has 1 rings (SSSR count). The molecule has 0 fully saturated rings. The molecule has 0 radical (unpaired) electrons. The Labute approximate surface area is 166 Å². The zero-order valence-electron chi connectivity index (χ0n) is 17.6. The second-order valence-corrected chi connectivity index (χ2v) is 7.15. The van der Waals surface area contributed by atoms with Gasteiger partial charge in [-0.25, -0.2) is 4.79 Å². The Morgan fingerprint density at radius 1 is 0.821 bits per heavy atom. The Morgan fingerprint density at radius 3 is 1.89 bits per heavy atom. The normalized spacial score (nSPS) is 10.8. The summed E-state index contributed by atoms with van der Waals surface area (Å²) in [5.74, 6) is 1.12. The van der Waals surface area contributed by atoms with Gasteiger partial charge in [0.1, 0.15) is 11.4 Å². The minimum Gasteiger partial charge on any atom is -0.496 e. The van der Waals surface area contributed by atoms with Crippen LogP contribution in [0.2, 0.25) is 0 Å². The van der Waals surface area contributed by atoms with Crippen LogP contribution in [0, 0.1) is 0 Å². The van der Waals surface area contributed by atoms with Gasteiger partial charge in [0.15, 0.2) is 11.5 Å². The molecule has 0 atom stereocenters. The standard InChI is InChI=1S/C20H32N2O6/c1-20(2,3)28-19(24)22-11-9-7-8-10-21-18(23)14-12-16(26-5)17(27-6)13-15(14)25-4/h12-13H,7-11H2,1-6H3,(H,21,23)(H,22,24). The number of carbonyl (C=O) groups is 2. The van der Waals surface area contributed by atoms with Crippen molar-refractivity contribution in [2.45, 2.75) is 45.6 Å². The quantitative estimate of drug-likeness (QED) is 0.590. The molecule has 0 bridgehead atoms. The summed E-state index contributed by atoms with van der Waals surface area (Å²) in [6.45, 7) is 6.52. The Bertz CT molecular complexity index is 655. The van der Waals surface area contributed by atoms with E-state index in [1.165, 1.54) is 21.3 Å². The monoisotopic (exact) mass is 396 g/mol. The van der Waals surface area contributed by atoms with Gasteiger partial charge in [0.05, 0.1) is 26.9 Å². The fourth-order valence-electron chi connectivity index (χ4n) is 2.44. The van der Waals surface area contributed by atoms with Crippen molar-refractivity contribution in [3.63, 3.8) is 0 Å². The summed E-state index contributed by atoms with van der Waals surface area (Å²) >= 11 is 0. The van der Waals surface area contributed by atoms with E-state index in [4.69, 9.17) is 18.9 Å². The van der Waals surface area contributed by atoms with Gasteiger partial charge in [-0.3, -0.25) is 4.79 Å². The molecule has 1 aromatic rings. The number of methoxy groups -OCH3 is 3. The molecule has 8 nitrogen and oxygen atoms in total. The van der Waals surface area contributed by atoms with Crippen LogP contribution in [0.25, 0.3) is 0 Å². The number of carbonyl (C=O) groups excluding carboxylic acids is 2. The summed E-state index contributed by atoms with van der Waals surface area (Å²) in [7, 11) is 4.53. The third-order valence-electron chi connectivity index (χ3n) is 3.76. The van der Waals surface area contributed by atoms with Crippen molar-refractivity contribution < 1.29 is 28.5 Å². The van der Waals surface area contributed by atoms with Gasteiger partial charge in [0.2, 0.25) is 0 Å². The molecule has 0 aliphatic heterocycles. The predicted molar refractivity (Wildman–Crippen MR) is 107 cm³/mol. The van der Waals surface area contributed by atoms with E-state index in [0.29, 0.717) is 35.9 Å². The first-order chi connectivity index (χ1) is 13.2. The average molecular weight is 396 g/mol. The van der Waals surface area contributed by atoms with Crippen molar-refractivity contribution in [3.8, 4) is 17.2 Å². The molecule has 0 unspecified atom stereocenters. The number of alkyl carbamates (subject to hydrolysis) is 1. The summed E-state index contributed by atoms with van der Waals surface area (Å²) in [5, 5.41) is 5.58. The fourth-order valence-corrected chi connectivity index (χ4v) is 2.44. The molecule has 0 saturated carbocycles. The van der Waals surface area contributed by atoms with Crippen LogP contribution in [0.4, 0.5) is 4.79 Å². The SMILES string of the molecule is COc1cc(OC)c(C(=O)NCCCCCNC(=O)OC(C)(C)C)cc1OC. The molecule has 158 valence electrons. The molecule has 8 heteroatoms. The van der Waals surface area contributed by atoms with Crippen molar-refractivity contribution in [1.82, 2.24) is 10.6 Å². The van der Waals surface area contributed by atoms with E-state index in [-0.39, 0.29) is 5.91 Å². The number of amides is 2. The van der Waals surface area contributed by atoms with Gasteiger partial charge in [0, 0.05) is 25.2 Å². The van der Waals surface area contributed by atoms with Gasteiger partial charge in [-0.1, -0.05) is 0 Å². The van der Waals surface area contributed by atoms with E-state index in [2.05, 4.69) is 10.6 Å². The van der Waals surface area contributed by atoms with Gasteiger partial charge in [0.25, 0.3) is 5.91 Å². The van der Waals surface area contributed by atoms with Gasteiger partial charge >= 0.3 is 6.09 Å². The largest absolute Gasteiger partial charge is 0.496 e. The molecule has 0 aliphatic rings. The highest BCUT2D eigenvalue weighted by Crippen LogP contribution is 2.34. The van der Waals surface area contributed by atoms with Gasteiger partial charge in [-0.2, -0.15) is 0 Å². The molecule has 2 N–H and O–H groups in total. The summed E-state index contributed by atoms with van der Waals surface area (Å²) in [6, 6.07) is 3.22. The van der Waals surface area contributed by atoms with Crippen LogP contribution < -0.4 is 24.8 Å². The van der Waals surface area contributed by atoms with Crippen molar-refractivity contribution in [3.05, 3.63) is 17.7 Å². The van der Waals surface area contributed by atoms with E-state index in [9.17, 15) is 9.59 Å². The van der Waals surface area contributed by atoms with Crippen LogP contribution >= 0.6 is 0 Å². The van der Waals surface area contributed by atoms with Crippen molar-refractivity contribution in [2.75, 3.05) is 34.4 Å². The molecule has 2 amide bonds. The first-order valence-corrected chi connectivity index (χ1v) is 9.27. The van der Waals surface area contributed by atoms with Crippen molar-refractivity contribution in [1.29, 1.82) is 0 Å². The number of hydrogen-bond donors (Lipinski definition) is 2. The highest BCUT2D eigenvalue weighted by atomic mass is 16.6. The maximum absolute atomic E-state index is 12.4. The highest BCUT2D eigenvalue weighted by Gasteiger charge is 2.17. The van der Waals surface area contributed by atoms with E-state index in [1.54, 1.807) is 12.1 Å². The molecule has 0 aromatic heterocycles. The van der Waals surface area contributed by atoms with Crippen LogP contribution in [0.15, 0.2) is 12.1 Å². The minimum atomic E-state index is -0.500. The second kappa shape index (κ2) is 11.3. The summed E-state index contributed by atoms with van der Waals surface area (Å²) in [6.07, 6.45) is 2.03. The molecule has 0 spiro atoms. The third kappa shape index (κ3) is 7.94. The Balaban J connectivity index is 2.38. The summed E-state index contributed by atoms with van der Waals surface area (Å²) in [5.41, 5.74) is -0.119. The zero-order valence-corrected chi connectivity index (χ0v) is 17.6. The first kappa shape index (κ1) is 23.4. The molecule has 0 saturated heterocycles. The van der Waals surface area contributed by atoms with E-state index in [1.807, 2.05) is 20.8 Å².